The molecule has 0 aliphatic heterocycles. The minimum absolute atomic E-state index is 0.0975. The van der Waals surface area contributed by atoms with E-state index in [4.69, 9.17) is 5.26 Å². The van der Waals surface area contributed by atoms with Crippen molar-refractivity contribution in [1.29, 1.82) is 5.26 Å². The first-order valence-corrected chi connectivity index (χ1v) is 5.64. The van der Waals surface area contributed by atoms with Crippen LogP contribution in [0.3, 0.4) is 0 Å². The minimum atomic E-state index is -0.196. The SMILES string of the molecule is Cc1nc(C(=O)N[C@H](C)C(C)C)ccc1C#N. The van der Waals surface area contributed by atoms with Gasteiger partial charge in [-0.25, -0.2) is 4.98 Å². The molecule has 1 aromatic rings. The molecular weight excluding hydrogens is 214 g/mol. The smallest absolute Gasteiger partial charge is 0.270 e. The molecule has 0 aliphatic carbocycles. The molecule has 1 atom stereocenters. The maximum Gasteiger partial charge on any atom is 0.270 e. The first-order valence-electron chi connectivity index (χ1n) is 5.64. The quantitative estimate of drug-likeness (QED) is 0.865. The molecule has 1 rings (SSSR count). The number of amides is 1. The van der Waals surface area contributed by atoms with E-state index >= 15 is 0 Å². The van der Waals surface area contributed by atoms with Gasteiger partial charge in [0.1, 0.15) is 11.8 Å². The van der Waals surface area contributed by atoms with Crippen LogP contribution in [0.1, 0.15) is 42.5 Å². The van der Waals surface area contributed by atoms with Crippen molar-refractivity contribution >= 4 is 5.91 Å². The minimum Gasteiger partial charge on any atom is -0.348 e. The molecule has 0 saturated carbocycles. The van der Waals surface area contributed by atoms with E-state index < -0.39 is 0 Å². The monoisotopic (exact) mass is 231 g/mol. The Kier molecular flexibility index (Phi) is 4.22. The van der Waals surface area contributed by atoms with Crippen LogP contribution in [0.2, 0.25) is 0 Å². The summed E-state index contributed by atoms with van der Waals surface area (Å²) in [5.74, 6) is 0.178. The second kappa shape index (κ2) is 5.44. The van der Waals surface area contributed by atoms with Crippen LogP contribution in [-0.2, 0) is 0 Å². The predicted molar refractivity (Wildman–Crippen MR) is 65.5 cm³/mol. The predicted octanol–water partition coefficient (Wildman–Crippen LogP) is 2.04. The van der Waals surface area contributed by atoms with Gasteiger partial charge < -0.3 is 5.32 Å². The number of nitrogens with one attached hydrogen (secondary N) is 1. The topological polar surface area (TPSA) is 65.8 Å². The number of carbonyl (C=O) groups is 1. The van der Waals surface area contributed by atoms with Crippen molar-refractivity contribution in [3.8, 4) is 6.07 Å². The van der Waals surface area contributed by atoms with Gasteiger partial charge in [0.15, 0.2) is 0 Å². The lowest BCUT2D eigenvalue weighted by Crippen LogP contribution is -2.36. The van der Waals surface area contributed by atoms with Crippen LogP contribution in [0.4, 0.5) is 0 Å². The fourth-order valence-corrected chi connectivity index (χ4v) is 1.25. The molecule has 0 aliphatic rings. The number of nitrogens with zero attached hydrogens (tertiary/aromatic N) is 2. The summed E-state index contributed by atoms with van der Waals surface area (Å²) >= 11 is 0. The molecule has 4 nitrogen and oxygen atoms in total. The van der Waals surface area contributed by atoms with Crippen molar-refractivity contribution < 1.29 is 4.79 Å². The molecule has 0 bridgehead atoms. The third-order valence-corrected chi connectivity index (χ3v) is 2.80. The Labute approximate surface area is 102 Å². The summed E-state index contributed by atoms with van der Waals surface area (Å²) in [7, 11) is 0. The van der Waals surface area contributed by atoms with E-state index in [0.29, 0.717) is 22.9 Å². The number of nitriles is 1. The van der Waals surface area contributed by atoms with Gasteiger partial charge in [0.2, 0.25) is 0 Å². The van der Waals surface area contributed by atoms with Gasteiger partial charge in [0.05, 0.1) is 11.3 Å². The highest BCUT2D eigenvalue weighted by Gasteiger charge is 2.14. The van der Waals surface area contributed by atoms with E-state index in [0.717, 1.165) is 0 Å². The van der Waals surface area contributed by atoms with Gasteiger partial charge in [0, 0.05) is 6.04 Å². The average Bonchev–Trinajstić information content (AvgIpc) is 2.28. The van der Waals surface area contributed by atoms with Gasteiger partial charge in [-0.3, -0.25) is 4.79 Å². The van der Waals surface area contributed by atoms with Crippen LogP contribution in [0.5, 0.6) is 0 Å². The van der Waals surface area contributed by atoms with Crippen LogP contribution in [0.15, 0.2) is 12.1 Å². The lowest BCUT2D eigenvalue weighted by atomic mass is 10.1. The lowest BCUT2D eigenvalue weighted by Gasteiger charge is -2.17. The van der Waals surface area contributed by atoms with E-state index in [1.807, 2.05) is 26.8 Å². The summed E-state index contributed by atoms with van der Waals surface area (Å²) in [6.07, 6.45) is 0. The van der Waals surface area contributed by atoms with Crippen molar-refractivity contribution in [2.75, 3.05) is 0 Å². The van der Waals surface area contributed by atoms with Crippen LogP contribution in [0.25, 0.3) is 0 Å². The summed E-state index contributed by atoms with van der Waals surface area (Å²) < 4.78 is 0. The average molecular weight is 231 g/mol. The molecule has 0 aromatic carbocycles. The van der Waals surface area contributed by atoms with Crippen molar-refractivity contribution in [3.63, 3.8) is 0 Å². The lowest BCUT2D eigenvalue weighted by molar-refractivity contribution is 0.0925. The Morgan fingerprint density at radius 1 is 1.41 bits per heavy atom. The standard InChI is InChI=1S/C13H17N3O/c1-8(2)9(3)16-13(17)12-6-5-11(7-14)10(4)15-12/h5-6,8-9H,1-4H3,(H,16,17)/t9-/m1/s1. The van der Waals surface area contributed by atoms with E-state index in [1.54, 1.807) is 19.1 Å². The van der Waals surface area contributed by atoms with Gasteiger partial charge in [-0.1, -0.05) is 13.8 Å². The molecule has 90 valence electrons. The Bertz CT molecular complexity index is 460. The Morgan fingerprint density at radius 3 is 2.53 bits per heavy atom. The number of aryl methyl sites for hydroxylation is 1. The maximum atomic E-state index is 11.9. The molecule has 0 unspecified atom stereocenters. The zero-order valence-electron chi connectivity index (χ0n) is 10.6. The number of aromatic nitrogens is 1. The van der Waals surface area contributed by atoms with Crippen molar-refractivity contribution in [1.82, 2.24) is 10.3 Å². The molecule has 0 radical (unpaired) electrons. The van der Waals surface area contributed by atoms with E-state index in [2.05, 4.69) is 10.3 Å². The van der Waals surface area contributed by atoms with Crippen molar-refractivity contribution in [3.05, 3.63) is 29.1 Å². The zero-order chi connectivity index (χ0) is 13.0. The Hall–Kier alpha value is -1.89. The normalized spacial score (nSPS) is 12.0. The summed E-state index contributed by atoms with van der Waals surface area (Å²) in [5, 5.41) is 11.7. The number of hydrogen-bond donors (Lipinski definition) is 1. The van der Waals surface area contributed by atoms with Crippen molar-refractivity contribution in [2.24, 2.45) is 5.92 Å². The molecule has 17 heavy (non-hydrogen) atoms. The molecule has 4 heteroatoms. The van der Waals surface area contributed by atoms with E-state index in [9.17, 15) is 4.79 Å². The molecular formula is C13H17N3O. The number of pyridine rings is 1. The molecule has 1 amide bonds. The van der Waals surface area contributed by atoms with Crippen LogP contribution < -0.4 is 5.32 Å². The third-order valence-electron chi connectivity index (χ3n) is 2.80. The second-order valence-corrected chi connectivity index (χ2v) is 4.45. The largest absolute Gasteiger partial charge is 0.348 e. The Morgan fingerprint density at radius 2 is 2.06 bits per heavy atom. The molecule has 1 aromatic heterocycles. The molecule has 0 spiro atoms. The van der Waals surface area contributed by atoms with Gasteiger partial charge in [-0.05, 0) is 31.9 Å². The highest BCUT2D eigenvalue weighted by molar-refractivity contribution is 5.92. The third kappa shape index (κ3) is 3.28. The van der Waals surface area contributed by atoms with Gasteiger partial charge in [-0.15, -0.1) is 0 Å². The van der Waals surface area contributed by atoms with Gasteiger partial charge in [0.25, 0.3) is 5.91 Å². The molecule has 0 saturated heterocycles. The maximum absolute atomic E-state index is 11.9. The highest BCUT2D eigenvalue weighted by atomic mass is 16.1. The number of rotatable bonds is 3. The highest BCUT2D eigenvalue weighted by Crippen LogP contribution is 2.07. The Balaban J connectivity index is 2.84. The summed E-state index contributed by atoms with van der Waals surface area (Å²) in [6.45, 7) is 7.77. The summed E-state index contributed by atoms with van der Waals surface area (Å²) in [5.41, 5.74) is 1.44. The zero-order valence-corrected chi connectivity index (χ0v) is 10.6. The van der Waals surface area contributed by atoms with Crippen molar-refractivity contribution in [2.45, 2.75) is 33.7 Å². The van der Waals surface area contributed by atoms with Crippen LogP contribution >= 0.6 is 0 Å². The van der Waals surface area contributed by atoms with Gasteiger partial charge >= 0.3 is 0 Å². The van der Waals surface area contributed by atoms with Crippen LogP contribution in [-0.4, -0.2) is 16.9 Å². The first kappa shape index (κ1) is 13.2. The van der Waals surface area contributed by atoms with Gasteiger partial charge in [-0.2, -0.15) is 5.26 Å². The summed E-state index contributed by atoms with van der Waals surface area (Å²) in [4.78, 5) is 16.0. The van der Waals surface area contributed by atoms with E-state index in [1.165, 1.54) is 0 Å². The molecule has 0 fully saturated rings. The fourth-order valence-electron chi connectivity index (χ4n) is 1.25. The molecule has 1 heterocycles. The van der Waals surface area contributed by atoms with Crippen LogP contribution in [0, 0.1) is 24.2 Å². The second-order valence-electron chi connectivity index (χ2n) is 4.45. The molecule has 1 N–H and O–H groups in total. The fraction of sp³-hybridized carbons (Fsp3) is 0.462. The number of carbonyl (C=O) groups excluding carboxylic acids is 1. The first-order chi connectivity index (χ1) is 7.95. The summed E-state index contributed by atoms with van der Waals surface area (Å²) in [6, 6.07) is 5.32. The van der Waals surface area contributed by atoms with E-state index in [-0.39, 0.29) is 11.9 Å². The number of hydrogen-bond acceptors (Lipinski definition) is 3.